The lowest BCUT2D eigenvalue weighted by Gasteiger charge is -2.48. The summed E-state index contributed by atoms with van der Waals surface area (Å²) in [6.07, 6.45) is 10.4. The minimum atomic E-state index is -0.125. The fraction of sp³-hybridized carbons (Fsp3) is 0.680. The van der Waals surface area contributed by atoms with E-state index in [1.54, 1.807) is 12.1 Å². The van der Waals surface area contributed by atoms with Gasteiger partial charge in [0, 0.05) is 17.0 Å². The minimum absolute atomic E-state index is 0.00390. The first-order valence-corrected chi connectivity index (χ1v) is 11.1. The van der Waals surface area contributed by atoms with Crippen LogP contribution in [0.2, 0.25) is 0 Å². The zero-order valence-corrected chi connectivity index (χ0v) is 18.5. The maximum absolute atomic E-state index is 12.3. The average Bonchev–Trinajstić information content (AvgIpc) is 2.65. The second kappa shape index (κ2) is 10.2. The number of Topliss-reactive ketones (excluding diaryl/α,β-unsaturated/α-hetero) is 2. The molecule has 1 aromatic carbocycles. The third kappa shape index (κ3) is 5.68. The van der Waals surface area contributed by atoms with Gasteiger partial charge in [-0.3, -0.25) is 9.59 Å². The summed E-state index contributed by atoms with van der Waals surface area (Å²) in [7, 11) is 0. The number of rotatable bonds is 12. The standard InChI is InChI=1S/C25H38O3/c1-6-8-13-25(7-2)16-20(17-25)10-9-14-28-21-11-12-22(24(27)18(3)4)23(15-21)19(5)26/h11-12,15,18,20H,6-10,13-14,16-17H2,1-5H3. The Balaban J connectivity index is 1.82. The number of unbranched alkanes of at least 4 members (excludes halogenated alkanes) is 1. The summed E-state index contributed by atoms with van der Waals surface area (Å²) in [6, 6.07) is 5.29. The molecule has 0 saturated heterocycles. The first kappa shape index (κ1) is 22.6. The number of carbonyl (C=O) groups is 2. The highest BCUT2D eigenvalue weighted by molar-refractivity contribution is 6.08. The fourth-order valence-corrected chi connectivity index (χ4v) is 4.58. The van der Waals surface area contributed by atoms with Crippen LogP contribution in [0.3, 0.4) is 0 Å². The quantitative estimate of drug-likeness (QED) is 0.290. The zero-order chi connectivity index (χ0) is 20.7. The van der Waals surface area contributed by atoms with Gasteiger partial charge in [-0.05, 0) is 68.6 Å². The molecule has 0 amide bonds. The van der Waals surface area contributed by atoms with E-state index in [1.165, 1.54) is 51.9 Å². The van der Waals surface area contributed by atoms with Crippen molar-refractivity contribution in [2.45, 2.75) is 86.0 Å². The van der Waals surface area contributed by atoms with Crippen molar-refractivity contribution in [3.05, 3.63) is 29.3 Å². The molecule has 1 saturated carbocycles. The fourth-order valence-electron chi connectivity index (χ4n) is 4.58. The van der Waals surface area contributed by atoms with Gasteiger partial charge >= 0.3 is 0 Å². The molecule has 1 aromatic rings. The predicted molar refractivity (Wildman–Crippen MR) is 115 cm³/mol. The van der Waals surface area contributed by atoms with Crippen molar-refractivity contribution in [1.29, 1.82) is 0 Å². The number of hydrogen-bond donors (Lipinski definition) is 0. The summed E-state index contributed by atoms with van der Waals surface area (Å²) in [5.41, 5.74) is 1.60. The van der Waals surface area contributed by atoms with Crippen molar-refractivity contribution in [2.24, 2.45) is 17.3 Å². The first-order valence-electron chi connectivity index (χ1n) is 11.1. The van der Waals surface area contributed by atoms with E-state index in [9.17, 15) is 9.59 Å². The molecule has 1 fully saturated rings. The van der Waals surface area contributed by atoms with Gasteiger partial charge in [-0.2, -0.15) is 0 Å². The van der Waals surface area contributed by atoms with Crippen LogP contribution < -0.4 is 4.74 Å². The third-order valence-electron chi connectivity index (χ3n) is 6.44. The summed E-state index contributed by atoms with van der Waals surface area (Å²) >= 11 is 0. The Morgan fingerprint density at radius 3 is 2.43 bits per heavy atom. The van der Waals surface area contributed by atoms with Crippen molar-refractivity contribution in [3.8, 4) is 5.75 Å². The van der Waals surface area contributed by atoms with E-state index in [1.807, 2.05) is 19.9 Å². The highest BCUT2D eigenvalue weighted by Gasteiger charge is 2.41. The molecule has 0 bridgehead atoms. The molecule has 2 rings (SSSR count). The van der Waals surface area contributed by atoms with E-state index in [2.05, 4.69) is 13.8 Å². The Morgan fingerprint density at radius 2 is 1.86 bits per heavy atom. The van der Waals surface area contributed by atoms with Gasteiger partial charge in [0.1, 0.15) is 5.75 Å². The monoisotopic (exact) mass is 386 g/mol. The average molecular weight is 387 g/mol. The largest absolute Gasteiger partial charge is 0.494 e. The summed E-state index contributed by atoms with van der Waals surface area (Å²) in [5.74, 6) is 1.32. The third-order valence-corrected chi connectivity index (χ3v) is 6.44. The Bertz CT molecular complexity index is 668. The van der Waals surface area contributed by atoms with Crippen molar-refractivity contribution in [2.75, 3.05) is 6.61 Å². The smallest absolute Gasteiger partial charge is 0.166 e. The van der Waals surface area contributed by atoms with Gasteiger partial charge in [-0.15, -0.1) is 0 Å². The summed E-state index contributed by atoms with van der Waals surface area (Å²) < 4.78 is 5.89. The lowest BCUT2D eigenvalue weighted by atomic mass is 9.57. The molecule has 0 N–H and O–H groups in total. The molecule has 0 aliphatic heterocycles. The van der Waals surface area contributed by atoms with E-state index in [0.29, 0.717) is 28.9 Å². The molecule has 0 atom stereocenters. The van der Waals surface area contributed by atoms with Crippen LogP contribution in [0, 0.1) is 17.3 Å². The van der Waals surface area contributed by atoms with Crippen molar-refractivity contribution < 1.29 is 14.3 Å². The number of benzene rings is 1. The van der Waals surface area contributed by atoms with Gasteiger partial charge < -0.3 is 4.74 Å². The lowest BCUT2D eigenvalue weighted by Crippen LogP contribution is -2.36. The normalized spacial score (nSPS) is 21.4. The highest BCUT2D eigenvalue weighted by Crippen LogP contribution is 2.53. The van der Waals surface area contributed by atoms with Crippen LogP contribution in [-0.2, 0) is 0 Å². The Morgan fingerprint density at radius 1 is 1.14 bits per heavy atom. The molecule has 1 aliphatic rings. The zero-order valence-electron chi connectivity index (χ0n) is 18.5. The second-order valence-corrected chi connectivity index (χ2v) is 9.00. The number of carbonyl (C=O) groups excluding carboxylic acids is 2. The molecular formula is C25H38O3. The predicted octanol–water partition coefficient (Wildman–Crippen LogP) is 6.88. The number of ketones is 2. The number of ether oxygens (including phenoxy) is 1. The van der Waals surface area contributed by atoms with Crippen molar-refractivity contribution >= 4 is 11.6 Å². The molecule has 156 valence electrons. The Labute approximate surface area is 171 Å². The van der Waals surface area contributed by atoms with Crippen molar-refractivity contribution in [3.63, 3.8) is 0 Å². The SMILES string of the molecule is CCCCC1(CC)CC(CCCOc2ccc(C(=O)C(C)C)c(C(C)=O)c2)C1. The Hall–Kier alpha value is -1.64. The number of hydrogen-bond acceptors (Lipinski definition) is 3. The molecule has 0 unspecified atom stereocenters. The van der Waals surface area contributed by atoms with Gasteiger partial charge in [-0.25, -0.2) is 0 Å². The molecule has 0 radical (unpaired) electrons. The summed E-state index contributed by atoms with van der Waals surface area (Å²) in [4.78, 5) is 24.3. The van der Waals surface area contributed by atoms with Crippen LogP contribution in [0.1, 0.15) is 107 Å². The van der Waals surface area contributed by atoms with Gasteiger partial charge in [0.2, 0.25) is 0 Å². The maximum atomic E-state index is 12.3. The van der Waals surface area contributed by atoms with Crippen molar-refractivity contribution in [1.82, 2.24) is 0 Å². The molecule has 0 heterocycles. The second-order valence-electron chi connectivity index (χ2n) is 9.00. The van der Waals surface area contributed by atoms with E-state index >= 15 is 0 Å². The van der Waals surface area contributed by atoms with Crippen LogP contribution in [-0.4, -0.2) is 18.2 Å². The van der Waals surface area contributed by atoms with E-state index in [4.69, 9.17) is 4.74 Å². The van der Waals surface area contributed by atoms with Crippen LogP contribution in [0.5, 0.6) is 5.75 Å². The molecule has 3 nitrogen and oxygen atoms in total. The molecule has 28 heavy (non-hydrogen) atoms. The molecular weight excluding hydrogens is 348 g/mol. The molecule has 3 heteroatoms. The van der Waals surface area contributed by atoms with Gasteiger partial charge in [0.05, 0.1) is 6.61 Å². The molecule has 0 spiro atoms. The first-order chi connectivity index (χ1) is 13.3. The van der Waals surface area contributed by atoms with Crippen LogP contribution in [0.15, 0.2) is 18.2 Å². The topological polar surface area (TPSA) is 43.4 Å². The van der Waals surface area contributed by atoms with Gasteiger partial charge in [0.25, 0.3) is 0 Å². The lowest BCUT2D eigenvalue weighted by molar-refractivity contribution is 0.0300. The van der Waals surface area contributed by atoms with Crippen LogP contribution >= 0.6 is 0 Å². The molecule has 0 aromatic heterocycles. The summed E-state index contributed by atoms with van der Waals surface area (Å²) in [5, 5.41) is 0. The maximum Gasteiger partial charge on any atom is 0.166 e. The van der Waals surface area contributed by atoms with E-state index in [-0.39, 0.29) is 17.5 Å². The molecule has 1 aliphatic carbocycles. The van der Waals surface area contributed by atoms with Crippen LogP contribution in [0.4, 0.5) is 0 Å². The van der Waals surface area contributed by atoms with E-state index in [0.717, 1.165) is 12.3 Å². The highest BCUT2D eigenvalue weighted by atomic mass is 16.5. The van der Waals surface area contributed by atoms with Gasteiger partial charge in [-0.1, -0.05) is 47.0 Å². The van der Waals surface area contributed by atoms with E-state index < -0.39 is 0 Å². The van der Waals surface area contributed by atoms with Gasteiger partial charge in [0.15, 0.2) is 11.6 Å². The Kier molecular flexibility index (Phi) is 8.27. The minimum Gasteiger partial charge on any atom is -0.494 e. The summed E-state index contributed by atoms with van der Waals surface area (Å²) in [6.45, 7) is 10.5. The van der Waals surface area contributed by atoms with Crippen LogP contribution in [0.25, 0.3) is 0 Å².